The largest absolute Gasteiger partial charge is 0.383 e. The second-order valence-corrected chi connectivity index (χ2v) is 8.55. The van der Waals surface area contributed by atoms with Crippen LogP contribution in [0.4, 0.5) is 5.82 Å². The van der Waals surface area contributed by atoms with Crippen molar-refractivity contribution in [3.05, 3.63) is 29.5 Å². The third-order valence-corrected chi connectivity index (χ3v) is 5.70. The highest BCUT2D eigenvalue weighted by Crippen LogP contribution is 2.34. The Balaban J connectivity index is 1.82. The third-order valence-electron chi connectivity index (χ3n) is 4.68. The van der Waals surface area contributed by atoms with E-state index in [-0.39, 0.29) is 17.7 Å². The van der Waals surface area contributed by atoms with Crippen LogP contribution in [0.1, 0.15) is 38.7 Å². The lowest BCUT2D eigenvalue weighted by atomic mass is 10.1. The average molecular weight is 395 g/mol. The third kappa shape index (κ3) is 3.13. The molecule has 2 N–H and O–H groups in total. The molecular formula is C20H22N6OS. The zero-order chi connectivity index (χ0) is 20.0. The number of thiazole rings is 1. The maximum atomic E-state index is 12.1. The summed E-state index contributed by atoms with van der Waals surface area (Å²) in [6, 6.07) is 6.14. The lowest BCUT2D eigenvalue weighted by Gasteiger charge is -2.05. The molecule has 0 saturated heterocycles. The molecular weight excluding hydrogens is 372 g/mol. The van der Waals surface area contributed by atoms with E-state index >= 15 is 0 Å². The van der Waals surface area contributed by atoms with Crippen LogP contribution >= 0.6 is 11.3 Å². The first-order chi connectivity index (χ1) is 13.3. The summed E-state index contributed by atoms with van der Waals surface area (Å²) in [4.78, 5) is 25.2. The zero-order valence-corrected chi connectivity index (χ0v) is 17.1. The van der Waals surface area contributed by atoms with Crippen LogP contribution in [0, 0.1) is 5.92 Å². The van der Waals surface area contributed by atoms with Crippen LogP contribution < -0.4 is 5.73 Å². The van der Waals surface area contributed by atoms with E-state index in [1.807, 2.05) is 30.7 Å². The van der Waals surface area contributed by atoms with E-state index in [4.69, 9.17) is 10.8 Å². The molecule has 4 rings (SSSR count). The van der Waals surface area contributed by atoms with E-state index in [9.17, 15) is 4.79 Å². The van der Waals surface area contributed by atoms with Crippen molar-refractivity contribution in [2.24, 2.45) is 5.92 Å². The lowest BCUT2D eigenvalue weighted by Crippen LogP contribution is -2.09. The van der Waals surface area contributed by atoms with Gasteiger partial charge in [-0.2, -0.15) is 5.10 Å². The van der Waals surface area contributed by atoms with Gasteiger partial charge in [-0.15, -0.1) is 11.3 Å². The van der Waals surface area contributed by atoms with Gasteiger partial charge in [-0.3, -0.25) is 4.79 Å². The van der Waals surface area contributed by atoms with E-state index < -0.39 is 0 Å². The number of anilines is 1. The number of nitrogen functional groups attached to an aromatic ring is 1. The molecule has 0 bridgehead atoms. The van der Waals surface area contributed by atoms with Crippen LogP contribution in [-0.2, 0) is 11.2 Å². The molecule has 3 aromatic heterocycles. The molecule has 3 heterocycles. The molecule has 0 unspecified atom stereocenters. The van der Waals surface area contributed by atoms with Gasteiger partial charge in [0.15, 0.2) is 5.65 Å². The van der Waals surface area contributed by atoms with Crippen molar-refractivity contribution in [2.75, 3.05) is 5.73 Å². The standard InChI is InChI=1S/C20H22N6OS/c1-10(2)14(27)8-16-24-13-6-5-12(7-15(13)28-16)18-17-19(21)22-9-23-20(17)26(25-18)11(3)4/h5-7,9-11H,8H2,1-4H3,(H2,21,22,23). The fraction of sp³-hybridized carbons (Fsp3) is 0.350. The summed E-state index contributed by atoms with van der Waals surface area (Å²) in [5, 5.41) is 6.37. The van der Waals surface area contributed by atoms with Gasteiger partial charge in [0.1, 0.15) is 28.6 Å². The fourth-order valence-corrected chi connectivity index (χ4v) is 4.12. The Labute approximate surface area is 166 Å². The Morgan fingerprint density at radius 1 is 1.21 bits per heavy atom. The molecule has 144 valence electrons. The van der Waals surface area contributed by atoms with E-state index in [1.165, 1.54) is 6.33 Å². The molecule has 0 amide bonds. The first kappa shape index (κ1) is 18.5. The molecule has 0 aliphatic heterocycles. The minimum absolute atomic E-state index is 0.0110. The molecule has 0 radical (unpaired) electrons. The van der Waals surface area contributed by atoms with Gasteiger partial charge >= 0.3 is 0 Å². The van der Waals surface area contributed by atoms with Crippen molar-refractivity contribution in [1.82, 2.24) is 24.7 Å². The molecule has 0 fully saturated rings. The van der Waals surface area contributed by atoms with E-state index in [0.29, 0.717) is 12.2 Å². The smallest absolute Gasteiger partial charge is 0.164 e. The molecule has 7 nitrogen and oxygen atoms in total. The van der Waals surface area contributed by atoms with Crippen molar-refractivity contribution in [3.8, 4) is 11.3 Å². The summed E-state index contributed by atoms with van der Waals surface area (Å²) in [6.45, 7) is 7.94. The molecule has 0 aliphatic carbocycles. The number of nitrogens with two attached hydrogens (primary N) is 1. The molecule has 0 aliphatic rings. The van der Waals surface area contributed by atoms with Crippen molar-refractivity contribution in [3.63, 3.8) is 0 Å². The monoisotopic (exact) mass is 394 g/mol. The summed E-state index contributed by atoms with van der Waals surface area (Å²) in [5.41, 5.74) is 9.46. The highest BCUT2D eigenvalue weighted by molar-refractivity contribution is 7.18. The van der Waals surface area contributed by atoms with Gasteiger partial charge in [0.05, 0.1) is 22.0 Å². The van der Waals surface area contributed by atoms with Gasteiger partial charge in [0, 0.05) is 17.5 Å². The van der Waals surface area contributed by atoms with Gasteiger partial charge in [0.25, 0.3) is 0 Å². The van der Waals surface area contributed by atoms with Gasteiger partial charge in [-0.25, -0.2) is 19.6 Å². The maximum absolute atomic E-state index is 12.1. The first-order valence-electron chi connectivity index (χ1n) is 9.26. The Bertz CT molecular complexity index is 1190. The topological polar surface area (TPSA) is 99.6 Å². The highest BCUT2D eigenvalue weighted by atomic mass is 32.1. The second kappa shape index (κ2) is 6.94. The minimum Gasteiger partial charge on any atom is -0.383 e. The number of hydrogen-bond donors (Lipinski definition) is 1. The van der Waals surface area contributed by atoms with Crippen molar-refractivity contribution < 1.29 is 4.79 Å². The second-order valence-electron chi connectivity index (χ2n) is 7.43. The van der Waals surface area contributed by atoms with Crippen LogP contribution in [0.5, 0.6) is 0 Å². The van der Waals surface area contributed by atoms with Crippen LogP contribution in [0.25, 0.3) is 32.5 Å². The molecule has 0 saturated carbocycles. The lowest BCUT2D eigenvalue weighted by molar-refractivity contribution is -0.121. The zero-order valence-electron chi connectivity index (χ0n) is 16.3. The van der Waals surface area contributed by atoms with Crippen LogP contribution in [0.2, 0.25) is 0 Å². The number of benzene rings is 1. The minimum atomic E-state index is 0.0110. The Kier molecular flexibility index (Phi) is 4.58. The maximum Gasteiger partial charge on any atom is 0.164 e. The molecule has 1 aromatic carbocycles. The summed E-state index contributed by atoms with van der Waals surface area (Å²) >= 11 is 1.55. The summed E-state index contributed by atoms with van der Waals surface area (Å²) < 4.78 is 2.89. The molecule has 0 spiro atoms. The average Bonchev–Trinajstić information content (AvgIpc) is 3.22. The quantitative estimate of drug-likeness (QED) is 0.548. The fourth-order valence-electron chi connectivity index (χ4n) is 3.11. The number of rotatable bonds is 5. The van der Waals surface area contributed by atoms with Gasteiger partial charge < -0.3 is 5.73 Å². The van der Waals surface area contributed by atoms with Crippen molar-refractivity contribution in [2.45, 2.75) is 40.2 Å². The van der Waals surface area contributed by atoms with Crippen LogP contribution in [0.15, 0.2) is 24.5 Å². The molecule has 4 aromatic rings. The van der Waals surface area contributed by atoms with Crippen molar-refractivity contribution in [1.29, 1.82) is 0 Å². The van der Waals surface area contributed by atoms with E-state index in [1.54, 1.807) is 11.3 Å². The van der Waals surface area contributed by atoms with Crippen molar-refractivity contribution >= 4 is 44.2 Å². The Hall–Kier alpha value is -2.87. The number of carbonyl (C=O) groups excluding carboxylic acids is 1. The van der Waals surface area contributed by atoms with Gasteiger partial charge in [-0.1, -0.05) is 19.9 Å². The van der Waals surface area contributed by atoms with E-state index in [0.717, 1.165) is 37.5 Å². The summed E-state index contributed by atoms with van der Waals surface area (Å²) in [6.07, 6.45) is 1.84. The number of aromatic nitrogens is 5. The number of hydrogen-bond acceptors (Lipinski definition) is 7. The SMILES string of the molecule is CC(C)C(=O)Cc1nc2ccc(-c3nn(C(C)C)c4ncnc(N)c34)cc2s1. The Morgan fingerprint density at radius 3 is 2.71 bits per heavy atom. The summed E-state index contributed by atoms with van der Waals surface area (Å²) in [5.74, 6) is 0.627. The predicted octanol–water partition coefficient (Wildman–Crippen LogP) is 4.03. The number of fused-ring (bicyclic) bond motifs is 2. The number of Topliss-reactive ketones (excluding diaryl/α,β-unsaturated/α-hetero) is 1. The number of ketones is 1. The van der Waals surface area contributed by atoms with Crippen LogP contribution in [0.3, 0.4) is 0 Å². The number of nitrogens with zero attached hydrogens (tertiary/aromatic N) is 5. The normalized spacial score (nSPS) is 11.9. The van der Waals surface area contributed by atoms with Gasteiger partial charge in [0.2, 0.25) is 0 Å². The van der Waals surface area contributed by atoms with Crippen LogP contribution in [-0.4, -0.2) is 30.5 Å². The molecule has 0 atom stereocenters. The Morgan fingerprint density at radius 2 is 2.00 bits per heavy atom. The summed E-state index contributed by atoms with van der Waals surface area (Å²) in [7, 11) is 0. The molecule has 28 heavy (non-hydrogen) atoms. The first-order valence-corrected chi connectivity index (χ1v) is 10.1. The van der Waals surface area contributed by atoms with E-state index in [2.05, 4.69) is 34.9 Å². The number of carbonyl (C=O) groups is 1. The predicted molar refractivity (Wildman–Crippen MR) is 112 cm³/mol. The molecule has 8 heteroatoms. The highest BCUT2D eigenvalue weighted by Gasteiger charge is 2.19. The van der Waals surface area contributed by atoms with Gasteiger partial charge in [-0.05, 0) is 26.0 Å².